The molecule has 1 atom stereocenters. The summed E-state index contributed by atoms with van der Waals surface area (Å²) >= 11 is 0. The summed E-state index contributed by atoms with van der Waals surface area (Å²) in [6.07, 6.45) is 22.8. The highest BCUT2D eigenvalue weighted by atomic mass is 16.5. The van der Waals surface area contributed by atoms with E-state index in [2.05, 4.69) is 25.9 Å². The summed E-state index contributed by atoms with van der Waals surface area (Å²) in [7, 11) is 4.24. The fraction of sp³-hybridized carbons (Fsp3) is 0.962. The molecular formula is C26H55NO4. The second-order valence-electron chi connectivity index (χ2n) is 9.09. The van der Waals surface area contributed by atoms with Crippen molar-refractivity contribution < 1.29 is 19.7 Å². The van der Waals surface area contributed by atoms with E-state index in [1.165, 1.54) is 110 Å². The molecule has 0 bridgehead atoms. The van der Waals surface area contributed by atoms with Crippen LogP contribution >= 0.6 is 0 Å². The molecule has 0 fully saturated rings. The van der Waals surface area contributed by atoms with Gasteiger partial charge in [0.25, 0.3) is 0 Å². The smallest absolute Gasteiger partial charge is 0.332 e. The van der Waals surface area contributed by atoms with Crippen molar-refractivity contribution in [3.05, 3.63) is 0 Å². The molecule has 5 nitrogen and oxygen atoms in total. The largest absolute Gasteiger partial charge is 0.479 e. The lowest BCUT2D eigenvalue weighted by atomic mass is 10.0. The predicted molar refractivity (Wildman–Crippen MR) is 133 cm³/mol. The van der Waals surface area contributed by atoms with Crippen LogP contribution in [0.15, 0.2) is 0 Å². The van der Waals surface area contributed by atoms with E-state index in [9.17, 15) is 4.79 Å². The molecule has 31 heavy (non-hydrogen) atoms. The lowest BCUT2D eigenvalue weighted by molar-refractivity contribution is -0.145. The van der Waals surface area contributed by atoms with Crippen LogP contribution in [-0.2, 0) is 9.53 Å². The van der Waals surface area contributed by atoms with E-state index in [0.29, 0.717) is 0 Å². The van der Waals surface area contributed by atoms with Crippen molar-refractivity contribution in [2.45, 2.75) is 129 Å². The molecule has 0 radical (unpaired) electrons. The fourth-order valence-electron chi connectivity index (χ4n) is 3.34. The third-order valence-electron chi connectivity index (χ3n) is 5.39. The highest BCUT2D eigenvalue weighted by Crippen LogP contribution is 2.13. The standard InChI is InChI=1S/C23H49NO.C3H6O3/c1-4-5-6-7-8-9-10-11-12-13-14-15-16-17-18-19-22-25-23-20-21-24(2)3;1-2(4)3(5)6/h4-23H2,1-3H3;2,4H,1H3,(H,5,6). The molecule has 1 unspecified atom stereocenters. The van der Waals surface area contributed by atoms with E-state index in [1.807, 2.05) is 0 Å². The number of hydrogen-bond acceptors (Lipinski definition) is 4. The zero-order valence-electron chi connectivity index (χ0n) is 21.4. The molecule has 0 rings (SSSR count). The summed E-state index contributed by atoms with van der Waals surface area (Å²) in [4.78, 5) is 11.7. The van der Waals surface area contributed by atoms with E-state index in [-0.39, 0.29) is 0 Å². The quantitative estimate of drug-likeness (QED) is 0.182. The molecule has 188 valence electrons. The van der Waals surface area contributed by atoms with Gasteiger partial charge in [-0.2, -0.15) is 0 Å². The van der Waals surface area contributed by atoms with Crippen LogP contribution < -0.4 is 0 Å². The van der Waals surface area contributed by atoms with Gasteiger partial charge in [0.15, 0.2) is 0 Å². The van der Waals surface area contributed by atoms with Crippen molar-refractivity contribution in [1.82, 2.24) is 4.90 Å². The molecule has 0 saturated carbocycles. The zero-order chi connectivity index (χ0) is 23.6. The van der Waals surface area contributed by atoms with Gasteiger partial charge in [-0.05, 0) is 40.4 Å². The lowest BCUT2D eigenvalue weighted by Gasteiger charge is -2.09. The number of ether oxygens (including phenoxy) is 1. The van der Waals surface area contributed by atoms with Gasteiger partial charge in [-0.1, -0.05) is 103 Å². The summed E-state index contributed by atoms with van der Waals surface area (Å²) < 4.78 is 5.68. The number of carbonyl (C=O) groups is 1. The first-order chi connectivity index (χ1) is 14.9. The van der Waals surface area contributed by atoms with Crippen molar-refractivity contribution in [3.8, 4) is 0 Å². The van der Waals surface area contributed by atoms with Crippen molar-refractivity contribution in [2.24, 2.45) is 0 Å². The third kappa shape index (κ3) is 34.2. The monoisotopic (exact) mass is 445 g/mol. The molecule has 0 aliphatic carbocycles. The molecule has 0 aromatic carbocycles. The van der Waals surface area contributed by atoms with Crippen LogP contribution in [0.5, 0.6) is 0 Å². The second-order valence-corrected chi connectivity index (χ2v) is 9.09. The Bertz CT molecular complexity index is 348. The molecule has 0 spiro atoms. The molecular weight excluding hydrogens is 390 g/mol. The number of aliphatic hydroxyl groups excluding tert-OH is 1. The average molecular weight is 446 g/mol. The number of aliphatic carboxylic acids is 1. The van der Waals surface area contributed by atoms with Crippen molar-refractivity contribution in [3.63, 3.8) is 0 Å². The van der Waals surface area contributed by atoms with Crippen LogP contribution in [0.3, 0.4) is 0 Å². The van der Waals surface area contributed by atoms with E-state index in [1.54, 1.807) is 0 Å². The number of carboxylic acid groups (broad SMARTS) is 1. The minimum Gasteiger partial charge on any atom is -0.479 e. The van der Waals surface area contributed by atoms with Crippen molar-refractivity contribution >= 4 is 5.97 Å². The number of rotatable bonds is 22. The fourth-order valence-corrected chi connectivity index (χ4v) is 3.34. The maximum absolute atomic E-state index is 9.45. The van der Waals surface area contributed by atoms with Crippen LogP contribution in [0, 0.1) is 0 Å². The maximum atomic E-state index is 9.45. The molecule has 0 amide bonds. The number of carboxylic acids is 1. The first-order valence-corrected chi connectivity index (χ1v) is 13.0. The number of hydrogen-bond donors (Lipinski definition) is 2. The SMILES string of the molecule is CC(O)C(=O)O.CCCCCCCCCCCCCCCCCCOCCCN(C)C. The van der Waals surface area contributed by atoms with Gasteiger partial charge in [0.2, 0.25) is 0 Å². The summed E-state index contributed by atoms with van der Waals surface area (Å²) in [6, 6.07) is 0. The Kier molecular flexibility index (Phi) is 28.7. The van der Waals surface area contributed by atoms with Gasteiger partial charge in [0.05, 0.1) is 0 Å². The van der Waals surface area contributed by atoms with Gasteiger partial charge in [0, 0.05) is 13.2 Å². The van der Waals surface area contributed by atoms with Gasteiger partial charge in [-0.15, -0.1) is 0 Å². The first kappa shape index (κ1) is 32.5. The maximum Gasteiger partial charge on any atom is 0.332 e. The minimum atomic E-state index is -1.23. The molecule has 0 aliphatic heterocycles. The lowest BCUT2D eigenvalue weighted by Crippen LogP contribution is -2.14. The molecule has 0 aliphatic rings. The Labute approximate surface area is 193 Å². The number of unbranched alkanes of at least 4 members (excludes halogenated alkanes) is 15. The average Bonchev–Trinajstić information content (AvgIpc) is 2.72. The topological polar surface area (TPSA) is 70.0 Å². The van der Waals surface area contributed by atoms with E-state index in [0.717, 1.165) is 26.2 Å². The van der Waals surface area contributed by atoms with Crippen LogP contribution in [0.2, 0.25) is 0 Å². The highest BCUT2D eigenvalue weighted by Gasteiger charge is 2.01. The highest BCUT2D eigenvalue weighted by molar-refractivity contribution is 5.71. The molecule has 0 aromatic heterocycles. The zero-order valence-corrected chi connectivity index (χ0v) is 21.4. The molecule has 0 saturated heterocycles. The molecule has 2 N–H and O–H groups in total. The van der Waals surface area contributed by atoms with E-state index < -0.39 is 12.1 Å². The van der Waals surface area contributed by atoms with Crippen LogP contribution in [0.25, 0.3) is 0 Å². The normalized spacial score (nSPS) is 11.9. The predicted octanol–water partition coefficient (Wildman–Crippen LogP) is 6.67. The molecule has 5 heteroatoms. The number of nitrogens with zero attached hydrogens (tertiary/aromatic N) is 1. The Morgan fingerprint density at radius 3 is 1.35 bits per heavy atom. The van der Waals surface area contributed by atoms with Crippen LogP contribution in [0.4, 0.5) is 0 Å². The summed E-state index contributed by atoms with van der Waals surface area (Å²) in [5.74, 6) is -1.19. The van der Waals surface area contributed by atoms with Gasteiger partial charge in [0.1, 0.15) is 6.10 Å². The van der Waals surface area contributed by atoms with Gasteiger partial charge in [-0.3, -0.25) is 0 Å². The van der Waals surface area contributed by atoms with Gasteiger partial charge >= 0.3 is 5.97 Å². The summed E-state index contributed by atoms with van der Waals surface area (Å²) in [6.45, 7) is 6.52. The summed E-state index contributed by atoms with van der Waals surface area (Å²) in [5, 5.41) is 15.8. The van der Waals surface area contributed by atoms with Crippen molar-refractivity contribution in [1.29, 1.82) is 0 Å². The number of aliphatic hydroxyl groups is 1. The Balaban J connectivity index is 0. The Morgan fingerprint density at radius 2 is 1.03 bits per heavy atom. The van der Waals surface area contributed by atoms with Crippen LogP contribution in [-0.4, -0.2) is 61.0 Å². The first-order valence-electron chi connectivity index (χ1n) is 13.0. The Hall–Kier alpha value is -0.650. The minimum absolute atomic E-state index is 0.928. The Morgan fingerprint density at radius 1 is 0.710 bits per heavy atom. The third-order valence-corrected chi connectivity index (χ3v) is 5.39. The van der Waals surface area contributed by atoms with Gasteiger partial charge < -0.3 is 19.8 Å². The van der Waals surface area contributed by atoms with Gasteiger partial charge in [-0.25, -0.2) is 4.79 Å². The van der Waals surface area contributed by atoms with E-state index in [4.69, 9.17) is 14.9 Å². The van der Waals surface area contributed by atoms with Crippen molar-refractivity contribution in [2.75, 3.05) is 33.9 Å². The molecule has 0 aromatic rings. The second kappa shape index (κ2) is 27.4. The van der Waals surface area contributed by atoms with E-state index >= 15 is 0 Å². The van der Waals surface area contributed by atoms with Crippen LogP contribution in [0.1, 0.15) is 123 Å². The summed E-state index contributed by atoms with van der Waals surface area (Å²) in [5.41, 5.74) is 0. The molecule has 0 heterocycles.